The predicted octanol–water partition coefficient (Wildman–Crippen LogP) is 4.83. The fourth-order valence-electron chi connectivity index (χ4n) is 1.48. The lowest BCUT2D eigenvalue weighted by atomic mass is 10.1. The summed E-state index contributed by atoms with van der Waals surface area (Å²) in [7, 11) is 0. The van der Waals surface area contributed by atoms with Gasteiger partial charge in [0, 0.05) is 0 Å². The Morgan fingerprint density at radius 2 is 1.59 bits per heavy atom. The molecule has 0 rings (SSSR count). The molecule has 0 aromatic carbocycles. The van der Waals surface area contributed by atoms with Gasteiger partial charge in [-0.25, -0.2) is 0 Å². The highest BCUT2D eigenvalue weighted by Gasteiger charge is 2.01. The molecule has 17 heavy (non-hydrogen) atoms. The summed E-state index contributed by atoms with van der Waals surface area (Å²) in [6.07, 6.45) is 16.8. The van der Waals surface area contributed by atoms with Crippen LogP contribution in [0.4, 0.5) is 0 Å². The van der Waals surface area contributed by atoms with E-state index in [9.17, 15) is 0 Å². The van der Waals surface area contributed by atoms with Gasteiger partial charge in [0.25, 0.3) is 0 Å². The standard InChI is InChI=1S/C16H26O/c1-4-7-9-10-11-13-15-17-16(6-3)14-12-8-5-2/h4-6,11,13,16H,1-3,7-10,12,14-15H2/b13-11+. The summed E-state index contributed by atoms with van der Waals surface area (Å²) in [5.74, 6) is 0. The van der Waals surface area contributed by atoms with Crippen LogP contribution in [0.1, 0.15) is 38.5 Å². The Morgan fingerprint density at radius 3 is 2.24 bits per heavy atom. The van der Waals surface area contributed by atoms with Crippen molar-refractivity contribution in [2.75, 3.05) is 6.61 Å². The molecule has 1 atom stereocenters. The molecule has 0 aliphatic rings. The maximum atomic E-state index is 5.69. The summed E-state index contributed by atoms with van der Waals surface area (Å²) in [6.45, 7) is 11.9. The second kappa shape index (κ2) is 13.0. The molecule has 0 aliphatic carbocycles. The molecule has 0 aliphatic heterocycles. The van der Waals surface area contributed by atoms with E-state index < -0.39 is 0 Å². The first-order chi connectivity index (χ1) is 8.35. The first-order valence-electron chi connectivity index (χ1n) is 6.46. The van der Waals surface area contributed by atoms with Crippen molar-refractivity contribution in [3.63, 3.8) is 0 Å². The van der Waals surface area contributed by atoms with Gasteiger partial charge >= 0.3 is 0 Å². The second-order valence-electron chi connectivity index (χ2n) is 4.02. The molecule has 0 heterocycles. The summed E-state index contributed by atoms with van der Waals surface area (Å²) < 4.78 is 5.69. The Labute approximate surface area is 107 Å². The van der Waals surface area contributed by atoms with Crippen LogP contribution in [0.5, 0.6) is 0 Å². The summed E-state index contributed by atoms with van der Waals surface area (Å²) in [5, 5.41) is 0. The summed E-state index contributed by atoms with van der Waals surface area (Å²) in [5.41, 5.74) is 0. The third kappa shape index (κ3) is 11.2. The van der Waals surface area contributed by atoms with Gasteiger partial charge in [-0.1, -0.05) is 30.4 Å². The van der Waals surface area contributed by atoms with Crippen LogP contribution in [-0.4, -0.2) is 12.7 Å². The van der Waals surface area contributed by atoms with E-state index in [0.29, 0.717) is 6.61 Å². The number of unbranched alkanes of at least 4 members (excludes halogenated alkanes) is 3. The van der Waals surface area contributed by atoms with Crippen molar-refractivity contribution in [3.8, 4) is 0 Å². The van der Waals surface area contributed by atoms with E-state index in [2.05, 4.69) is 31.9 Å². The van der Waals surface area contributed by atoms with Crippen molar-refractivity contribution in [2.24, 2.45) is 0 Å². The van der Waals surface area contributed by atoms with Crippen molar-refractivity contribution in [2.45, 2.75) is 44.6 Å². The maximum absolute atomic E-state index is 5.69. The SMILES string of the molecule is C=CCCC/C=C/COC(C=C)CCCC=C. The molecule has 0 saturated heterocycles. The number of ether oxygens (including phenoxy) is 1. The summed E-state index contributed by atoms with van der Waals surface area (Å²) in [6, 6.07) is 0. The molecular weight excluding hydrogens is 208 g/mol. The van der Waals surface area contributed by atoms with Gasteiger partial charge in [0.15, 0.2) is 0 Å². The van der Waals surface area contributed by atoms with Crippen molar-refractivity contribution in [3.05, 3.63) is 50.1 Å². The van der Waals surface area contributed by atoms with E-state index in [1.54, 1.807) is 0 Å². The van der Waals surface area contributed by atoms with Crippen LogP contribution in [-0.2, 0) is 4.74 Å². The molecule has 0 amide bonds. The van der Waals surface area contributed by atoms with Crippen LogP contribution >= 0.6 is 0 Å². The average Bonchev–Trinajstić information content (AvgIpc) is 2.35. The number of hydrogen-bond donors (Lipinski definition) is 0. The zero-order valence-corrected chi connectivity index (χ0v) is 10.9. The highest BCUT2D eigenvalue weighted by atomic mass is 16.5. The van der Waals surface area contributed by atoms with Crippen molar-refractivity contribution >= 4 is 0 Å². The predicted molar refractivity (Wildman–Crippen MR) is 77.2 cm³/mol. The van der Waals surface area contributed by atoms with Gasteiger partial charge in [-0.2, -0.15) is 0 Å². The Bertz CT molecular complexity index is 228. The molecule has 0 aromatic rings. The normalized spacial score (nSPS) is 12.5. The molecule has 1 unspecified atom stereocenters. The quantitative estimate of drug-likeness (QED) is 0.347. The first kappa shape index (κ1) is 15.9. The van der Waals surface area contributed by atoms with Gasteiger partial charge in [0.2, 0.25) is 0 Å². The molecule has 0 spiro atoms. The van der Waals surface area contributed by atoms with Crippen LogP contribution in [0.25, 0.3) is 0 Å². The van der Waals surface area contributed by atoms with Gasteiger partial charge in [0.05, 0.1) is 12.7 Å². The van der Waals surface area contributed by atoms with E-state index in [1.165, 1.54) is 6.42 Å². The lowest BCUT2D eigenvalue weighted by Gasteiger charge is -2.11. The van der Waals surface area contributed by atoms with Crippen LogP contribution in [0.3, 0.4) is 0 Å². The molecule has 0 fully saturated rings. The Morgan fingerprint density at radius 1 is 0.882 bits per heavy atom. The number of hydrogen-bond acceptors (Lipinski definition) is 1. The largest absolute Gasteiger partial charge is 0.370 e. The smallest absolute Gasteiger partial charge is 0.0757 e. The molecule has 0 saturated carbocycles. The summed E-state index contributed by atoms with van der Waals surface area (Å²) in [4.78, 5) is 0. The molecule has 0 aromatic heterocycles. The van der Waals surface area contributed by atoms with Gasteiger partial charge < -0.3 is 4.74 Å². The first-order valence-corrected chi connectivity index (χ1v) is 6.46. The highest BCUT2D eigenvalue weighted by molar-refractivity contribution is 4.86. The van der Waals surface area contributed by atoms with Crippen molar-refractivity contribution in [1.29, 1.82) is 0 Å². The Hall–Kier alpha value is -1.08. The minimum Gasteiger partial charge on any atom is -0.370 e. The van der Waals surface area contributed by atoms with Gasteiger partial charge in [-0.3, -0.25) is 0 Å². The zero-order chi connectivity index (χ0) is 12.8. The van der Waals surface area contributed by atoms with Crippen LogP contribution in [0, 0.1) is 0 Å². The van der Waals surface area contributed by atoms with Crippen LogP contribution < -0.4 is 0 Å². The molecule has 0 N–H and O–H groups in total. The number of allylic oxidation sites excluding steroid dienone is 3. The third-order valence-electron chi connectivity index (χ3n) is 2.51. The highest BCUT2D eigenvalue weighted by Crippen LogP contribution is 2.06. The lowest BCUT2D eigenvalue weighted by molar-refractivity contribution is 0.101. The van der Waals surface area contributed by atoms with E-state index in [-0.39, 0.29) is 6.10 Å². The lowest BCUT2D eigenvalue weighted by Crippen LogP contribution is -2.09. The molecule has 1 heteroatoms. The molecular formula is C16H26O. The molecule has 0 radical (unpaired) electrons. The fourth-order valence-corrected chi connectivity index (χ4v) is 1.48. The Balaban J connectivity index is 3.50. The van der Waals surface area contributed by atoms with E-state index in [4.69, 9.17) is 4.74 Å². The third-order valence-corrected chi connectivity index (χ3v) is 2.51. The molecule has 0 bridgehead atoms. The minimum absolute atomic E-state index is 0.174. The average molecular weight is 234 g/mol. The monoisotopic (exact) mass is 234 g/mol. The van der Waals surface area contributed by atoms with E-state index in [0.717, 1.165) is 32.1 Å². The Kier molecular flexibility index (Phi) is 12.2. The van der Waals surface area contributed by atoms with Gasteiger partial charge in [-0.05, 0) is 38.5 Å². The number of rotatable bonds is 12. The van der Waals surface area contributed by atoms with Crippen LogP contribution in [0.2, 0.25) is 0 Å². The van der Waals surface area contributed by atoms with Crippen molar-refractivity contribution in [1.82, 2.24) is 0 Å². The fraction of sp³-hybridized carbons (Fsp3) is 0.500. The molecule has 96 valence electrons. The van der Waals surface area contributed by atoms with Crippen molar-refractivity contribution < 1.29 is 4.74 Å². The van der Waals surface area contributed by atoms with Gasteiger partial charge in [0.1, 0.15) is 0 Å². The topological polar surface area (TPSA) is 9.23 Å². The zero-order valence-electron chi connectivity index (χ0n) is 10.9. The maximum Gasteiger partial charge on any atom is 0.0757 e. The van der Waals surface area contributed by atoms with Crippen LogP contribution in [0.15, 0.2) is 50.1 Å². The van der Waals surface area contributed by atoms with E-state index in [1.807, 2.05) is 18.2 Å². The second-order valence-corrected chi connectivity index (χ2v) is 4.02. The minimum atomic E-state index is 0.174. The van der Waals surface area contributed by atoms with E-state index >= 15 is 0 Å². The summed E-state index contributed by atoms with van der Waals surface area (Å²) >= 11 is 0. The van der Waals surface area contributed by atoms with Gasteiger partial charge in [-0.15, -0.1) is 19.7 Å². The molecule has 1 nitrogen and oxygen atoms in total.